The summed E-state index contributed by atoms with van der Waals surface area (Å²) in [6.45, 7) is 1.16. The average molecular weight is 337 g/mol. The fourth-order valence-electron chi connectivity index (χ4n) is 3.33. The Morgan fingerprint density at radius 3 is 2.44 bits per heavy atom. The molecule has 0 atom stereocenters. The number of piperidine rings is 1. The number of benzene rings is 1. The Bertz CT molecular complexity index is 693. The van der Waals surface area contributed by atoms with Crippen LogP contribution in [0, 0.1) is 17.2 Å². The second kappa shape index (κ2) is 7.52. The van der Waals surface area contributed by atoms with Gasteiger partial charge in [-0.3, -0.25) is 9.59 Å². The van der Waals surface area contributed by atoms with Crippen molar-refractivity contribution in [2.75, 3.05) is 13.1 Å². The Labute approximate surface area is 148 Å². The molecule has 0 radical (unpaired) electrons. The summed E-state index contributed by atoms with van der Waals surface area (Å²) in [5, 5.41) is 12.1. The predicted molar refractivity (Wildman–Crippen MR) is 95.1 cm³/mol. The van der Waals surface area contributed by atoms with Gasteiger partial charge >= 0.3 is 0 Å². The molecule has 1 saturated carbocycles. The van der Waals surface area contributed by atoms with E-state index in [4.69, 9.17) is 0 Å². The molecule has 1 aliphatic carbocycles. The number of amides is 2. The van der Waals surface area contributed by atoms with Gasteiger partial charge in [0.25, 0.3) is 0 Å². The lowest BCUT2D eigenvalue weighted by molar-refractivity contribution is -0.133. The highest BCUT2D eigenvalue weighted by Gasteiger charge is 2.40. The van der Waals surface area contributed by atoms with E-state index in [-0.39, 0.29) is 17.7 Å². The van der Waals surface area contributed by atoms with Crippen LogP contribution in [0.4, 0.5) is 0 Å². The van der Waals surface area contributed by atoms with E-state index in [1.807, 2.05) is 36.4 Å². The van der Waals surface area contributed by atoms with Crippen LogP contribution in [0.15, 0.2) is 36.4 Å². The summed E-state index contributed by atoms with van der Waals surface area (Å²) in [7, 11) is 0. The molecule has 0 spiro atoms. The van der Waals surface area contributed by atoms with Gasteiger partial charge in [-0.05, 0) is 43.7 Å². The van der Waals surface area contributed by atoms with Gasteiger partial charge < -0.3 is 10.2 Å². The molecule has 130 valence electrons. The summed E-state index contributed by atoms with van der Waals surface area (Å²) < 4.78 is 0. The van der Waals surface area contributed by atoms with Crippen LogP contribution in [0.2, 0.25) is 0 Å². The molecule has 25 heavy (non-hydrogen) atoms. The predicted octanol–water partition coefficient (Wildman–Crippen LogP) is 2.50. The lowest BCUT2D eigenvalue weighted by Crippen LogP contribution is -2.55. The van der Waals surface area contributed by atoms with Gasteiger partial charge in [0.05, 0.1) is 6.07 Å². The second-order valence-corrected chi connectivity index (χ2v) is 6.88. The Kier molecular flexibility index (Phi) is 5.18. The number of nitrogens with one attached hydrogen (secondary N) is 1. The third kappa shape index (κ3) is 4.08. The Morgan fingerprint density at radius 2 is 1.88 bits per heavy atom. The van der Waals surface area contributed by atoms with Crippen molar-refractivity contribution in [3.05, 3.63) is 42.0 Å². The van der Waals surface area contributed by atoms with E-state index < -0.39 is 5.54 Å². The summed E-state index contributed by atoms with van der Waals surface area (Å²) in [6, 6.07) is 11.9. The first-order valence-electron chi connectivity index (χ1n) is 8.87. The van der Waals surface area contributed by atoms with Crippen molar-refractivity contribution >= 4 is 17.9 Å². The lowest BCUT2D eigenvalue weighted by atomic mass is 9.77. The fraction of sp³-hybridized carbons (Fsp3) is 0.450. The third-order valence-electron chi connectivity index (χ3n) is 5.18. The second-order valence-electron chi connectivity index (χ2n) is 6.88. The van der Waals surface area contributed by atoms with Crippen LogP contribution in [-0.4, -0.2) is 35.3 Å². The van der Waals surface area contributed by atoms with Crippen LogP contribution in [0.5, 0.6) is 0 Å². The molecule has 2 amide bonds. The van der Waals surface area contributed by atoms with Crippen molar-refractivity contribution in [3.63, 3.8) is 0 Å². The number of hydrogen-bond acceptors (Lipinski definition) is 3. The number of carbonyl (C=O) groups excluding carboxylic acids is 2. The highest BCUT2D eigenvalue weighted by Crippen LogP contribution is 2.32. The van der Waals surface area contributed by atoms with Gasteiger partial charge in [-0.1, -0.05) is 30.3 Å². The number of rotatable bonds is 4. The molecule has 1 aliphatic heterocycles. The van der Waals surface area contributed by atoms with Gasteiger partial charge in [0.15, 0.2) is 0 Å². The summed E-state index contributed by atoms with van der Waals surface area (Å²) in [4.78, 5) is 26.4. The van der Waals surface area contributed by atoms with Crippen molar-refractivity contribution in [1.29, 1.82) is 5.26 Å². The van der Waals surface area contributed by atoms with Crippen molar-refractivity contribution in [2.45, 2.75) is 37.6 Å². The molecule has 1 aromatic rings. The first-order chi connectivity index (χ1) is 12.1. The van der Waals surface area contributed by atoms with Crippen LogP contribution in [0.25, 0.3) is 6.08 Å². The Balaban J connectivity index is 1.48. The Hall–Kier alpha value is -2.61. The lowest BCUT2D eigenvalue weighted by Gasteiger charge is -2.38. The van der Waals surface area contributed by atoms with Crippen molar-refractivity contribution in [1.82, 2.24) is 10.2 Å². The van der Waals surface area contributed by atoms with Gasteiger partial charge in [-0.15, -0.1) is 0 Å². The highest BCUT2D eigenvalue weighted by atomic mass is 16.2. The van der Waals surface area contributed by atoms with Crippen LogP contribution in [-0.2, 0) is 9.59 Å². The number of nitrogens with zero attached hydrogens (tertiary/aromatic N) is 2. The number of carbonyl (C=O) groups is 2. The maximum atomic E-state index is 12.4. The third-order valence-corrected chi connectivity index (χ3v) is 5.18. The molecular weight excluding hydrogens is 314 g/mol. The van der Waals surface area contributed by atoms with E-state index in [0.29, 0.717) is 25.9 Å². The molecule has 2 aliphatic rings. The minimum atomic E-state index is -0.636. The number of nitriles is 1. The first-order valence-corrected chi connectivity index (χ1v) is 8.87. The summed E-state index contributed by atoms with van der Waals surface area (Å²) in [6.07, 6.45) is 7.20. The van der Waals surface area contributed by atoms with E-state index in [0.717, 1.165) is 24.8 Å². The monoisotopic (exact) mass is 337 g/mol. The molecule has 0 aromatic heterocycles. The van der Waals surface area contributed by atoms with Crippen LogP contribution >= 0.6 is 0 Å². The molecule has 1 saturated heterocycles. The molecule has 5 heteroatoms. The quantitative estimate of drug-likeness (QED) is 0.858. The zero-order valence-electron chi connectivity index (χ0n) is 14.3. The largest absolute Gasteiger partial charge is 0.339 e. The SMILES string of the molecule is N#CC1(NC(=O)C2CCN(C(=O)/C=C/c3ccccc3)CC2)CCC1. The smallest absolute Gasteiger partial charge is 0.246 e. The van der Waals surface area contributed by atoms with E-state index in [9.17, 15) is 14.9 Å². The van der Waals surface area contributed by atoms with Gasteiger partial charge in [0.1, 0.15) is 5.54 Å². The zero-order chi connectivity index (χ0) is 17.7. The summed E-state index contributed by atoms with van der Waals surface area (Å²) in [5.74, 6) is -0.156. The molecule has 5 nitrogen and oxygen atoms in total. The van der Waals surface area contributed by atoms with Crippen molar-refractivity contribution < 1.29 is 9.59 Å². The Morgan fingerprint density at radius 1 is 1.20 bits per heavy atom. The minimum absolute atomic E-state index is 0.0183. The van der Waals surface area contributed by atoms with Crippen LogP contribution in [0.1, 0.15) is 37.7 Å². The van der Waals surface area contributed by atoms with Crippen LogP contribution < -0.4 is 5.32 Å². The van der Waals surface area contributed by atoms with Gasteiger partial charge in [0, 0.05) is 25.1 Å². The van der Waals surface area contributed by atoms with E-state index in [1.165, 1.54) is 0 Å². The van der Waals surface area contributed by atoms with Gasteiger partial charge in [-0.25, -0.2) is 0 Å². The van der Waals surface area contributed by atoms with Crippen molar-refractivity contribution in [3.8, 4) is 6.07 Å². The summed E-state index contributed by atoms with van der Waals surface area (Å²) >= 11 is 0. The maximum Gasteiger partial charge on any atom is 0.246 e. The van der Waals surface area contributed by atoms with E-state index in [1.54, 1.807) is 11.0 Å². The average Bonchev–Trinajstić information content (AvgIpc) is 2.63. The number of likely N-dealkylation sites (tertiary alicyclic amines) is 1. The molecule has 2 fully saturated rings. The standard InChI is InChI=1S/C20H23N3O2/c21-15-20(11-4-12-20)22-19(25)17-9-13-23(14-10-17)18(24)8-7-16-5-2-1-3-6-16/h1-3,5-8,17H,4,9-14H2,(H,22,25)/b8-7+. The molecule has 1 heterocycles. The van der Waals surface area contributed by atoms with Crippen molar-refractivity contribution in [2.24, 2.45) is 5.92 Å². The van der Waals surface area contributed by atoms with Gasteiger partial charge in [0.2, 0.25) is 11.8 Å². The van der Waals surface area contributed by atoms with E-state index in [2.05, 4.69) is 11.4 Å². The van der Waals surface area contributed by atoms with Gasteiger partial charge in [-0.2, -0.15) is 5.26 Å². The first kappa shape index (κ1) is 17.2. The van der Waals surface area contributed by atoms with E-state index >= 15 is 0 Å². The number of hydrogen-bond donors (Lipinski definition) is 1. The maximum absolute atomic E-state index is 12.4. The fourth-order valence-corrected chi connectivity index (χ4v) is 3.33. The molecule has 0 bridgehead atoms. The molecule has 1 N–H and O–H groups in total. The van der Waals surface area contributed by atoms with Crippen LogP contribution in [0.3, 0.4) is 0 Å². The minimum Gasteiger partial charge on any atom is -0.339 e. The zero-order valence-corrected chi connectivity index (χ0v) is 14.3. The summed E-state index contributed by atoms with van der Waals surface area (Å²) in [5.41, 5.74) is 0.357. The molecule has 0 unspecified atom stereocenters. The highest BCUT2D eigenvalue weighted by molar-refractivity contribution is 5.92. The topological polar surface area (TPSA) is 73.2 Å². The molecule has 3 rings (SSSR count). The molecule has 1 aromatic carbocycles. The molecular formula is C20H23N3O2. The normalized spacial score (nSPS) is 19.9.